The van der Waals surface area contributed by atoms with Crippen molar-refractivity contribution in [3.05, 3.63) is 35.4 Å². The summed E-state index contributed by atoms with van der Waals surface area (Å²) in [4.78, 5) is 28.7. The SMILES string of the molecule is COc1cc2c3c(c4c5cc(O)ccc5[nH]c4c2c(OC)c1OC)C(=O)NC3=O. The van der Waals surface area contributed by atoms with Gasteiger partial charge in [0.1, 0.15) is 5.75 Å². The van der Waals surface area contributed by atoms with Gasteiger partial charge in [-0.05, 0) is 24.3 Å². The molecule has 1 aliphatic rings. The molecule has 146 valence electrons. The number of imide groups is 1. The lowest BCUT2D eigenvalue weighted by molar-refractivity contribution is 0.0880. The topological polar surface area (TPSA) is 110 Å². The molecule has 8 heteroatoms. The van der Waals surface area contributed by atoms with Crippen LogP contribution in [0.25, 0.3) is 32.6 Å². The fourth-order valence-electron chi connectivity index (χ4n) is 4.18. The van der Waals surface area contributed by atoms with Crippen LogP contribution in [0.2, 0.25) is 0 Å². The lowest BCUT2D eigenvalue weighted by Crippen LogP contribution is -2.20. The first-order valence-electron chi connectivity index (χ1n) is 8.78. The maximum absolute atomic E-state index is 12.7. The van der Waals surface area contributed by atoms with Crippen molar-refractivity contribution in [3.8, 4) is 23.0 Å². The minimum atomic E-state index is -0.499. The summed E-state index contributed by atoms with van der Waals surface area (Å²) in [6, 6.07) is 6.48. The molecule has 2 amide bonds. The molecule has 3 aromatic carbocycles. The lowest BCUT2D eigenvalue weighted by Gasteiger charge is -2.16. The summed E-state index contributed by atoms with van der Waals surface area (Å²) in [5, 5.41) is 14.6. The second-order valence-electron chi connectivity index (χ2n) is 6.71. The van der Waals surface area contributed by atoms with Gasteiger partial charge in [0.25, 0.3) is 11.8 Å². The van der Waals surface area contributed by atoms with E-state index in [1.54, 1.807) is 24.3 Å². The minimum absolute atomic E-state index is 0.0521. The predicted molar refractivity (Wildman–Crippen MR) is 106 cm³/mol. The van der Waals surface area contributed by atoms with Crippen LogP contribution >= 0.6 is 0 Å². The van der Waals surface area contributed by atoms with Gasteiger partial charge in [-0.15, -0.1) is 0 Å². The molecule has 0 unspecified atom stereocenters. The highest BCUT2D eigenvalue weighted by Crippen LogP contribution is 2.49. The van der Waals surface area contributed by atoms with E-state index in [-0.39, 0.29) is 16.9 Å². The molecule has 0 atom stereocenters. The zero-order valence-corrected chi connectivity index (χ0v) is 15.8. The van der Waals surface area contributed by atoms with Crippen molar-refractivity contribution in [3.63, 3.8) is 0 Å². The molecule has 4 aromatic rings. The zero-order chi connectivity index (χ0) is 20.4. The summed E-state index contributed by atoms with van der Waals surface area (Å²) in [5.41, 5.74) is 1.79. The predicted octanol–water partition coefficient (Wildman–Crippen LogP) is 3.09. The average Bonchev–Trinajstić information content (AvgIpc) is 3.22. The molecule has 0 aliphatic carbocycles. The number of aromatic hydroxyl groups is 1. The normalized spacial score (nSPS) is 13.2. The molecular formula is C21H16N2O6. The van der Waals surface area contributed by atoms with Crippen LogP contribution in [0.4, 0.5) is 0 Å². The molecule has 0 saturated carbocycles. The Morgan fingerprint density at radius 3 is 2.24 bits per heavy atom. The molecule has 1 aromatic heterocycles. The van der Waals surface area contributed by atoms with Gasteiger partial charge in [-0.3, -0.25) is 14.9 Å². The number of aromatic nitrogens is 1. The van der Waals surface area contributed by atoms with Crippen molar-refractivity contribution in [2.24, 2.45) is 0 Å². The van der Waals surface area contributed by atoms with Gasteiger partial charge in [-0.1, -0.05) is 0 Å². The van der Waals surface area contributed by atoms with Gasteiger partial charge >= 0.3 is 0 Å². The van der Waals surface area contributed by atoms with Gasteiger partial charge < -0.3 is 24.3 Å². The molecular weight excluding hydrogens is 376 g/mol. The third-order valence-corrected chi connectivity index (χ3v) is 5.31. The summed E-state index contributed by atoms with van der Waals surface area (Å²) in [6.45, 7) is 0. The first-order chi connectivity index (χ1) is 14.0. The summed E-state index contributed by atoms with van der Waals surface area (Å²) in [5.74, 6) is 0.179. The molecule has 2 heterocycles. The van der Waals surface area contributed by atoms with Gasteiger partial charge in [0.2, 0.25) is 5.75 Å². The van der Waals surface area contributed by atoms with Crippen LogP contribution in [-0.2, 0) is 0 Å². The third kappa shape index (κ3) is 2.08. The molecule has 3 N–H and O–H groups in total. The van der Waals surface area contributed by atoms with E-state index in [9.17, 15) is 14.7 Å². The Balaban J connectivity index is 2.15. The number of H-pyrrole nitrogens is 1. The van der Waals surface area contributed by atoms with E-state index in [1.807, 2.05) is 0 Å². The second-order valence-corrected chi connectivity index (χ2v) is 6.71. The number of benzene rings is 3. The molecule has 29 heavy (non-hydrogen) atoms. The van der Waals surface area contributed by atoms with E-state index in [0.717, 1.165) is 0 Å². The minimum Gasteiger partial charge on any atom is -0.508 e. The van der Waals surface area contributed by atoms with E-state index < -0.39 is 11.8 Å². The van der Waals surface area contributed by atoms with Crippen LogP contribution < -0.4 is 19.5 Å². The van der Waals surface area contributed by atoms with Crippen LogP contribution in [0.1, 0.15) is 20.7 Å². The maximum atomic E-state index is 12.7. The number of hydrogen-bond acceptors (Lipinski definition) is 6. The number of ether oxygens (including phenoxy) is 3. The number of carbonyl (C=O) groups is 2. The van der Waals surface area contributed by atoms with E-state index in [2.05, 4.69) is 10.3 Å². The fourth-order valence-corrected chi connectivity index (χ4v) is 4.18. The molecule has 0 fully saturated rings. The van der Waals surface area contributed by atoms with E-state index in [1.165, 1.54) is 21.3 Å². The van der Waals surface area contributed by atoms with E-state index >= 15 is 0 Å². The van der Waals surface area contributed by atoms with E-state index in [0.29, 0.717) is 49.8 Å². The standard InChI is InChI=1S/C21H16N2O6/c1-27-12-7-10-14-16(21(26)23-20(14)25)13-9-6-8(24)4-5-11(9)22-17(13)15(10)19(29-3)18(12)28-2/h4-7,22,24H,1-3H3,(H,23,25,26). The Labute approximate surface area is 164 Å². The first-order valence-corrected chi connectivity index (χ1v) is 8.78. The highest BCUT2D eigenvalue weighted by Gasteiger charge is 2.35. The van der Waals surface area contributed by atoms with Crippen LogP contribution in [-0.4, -0.2) is 43.2 Å². The molecule has 8 nitrogen and oxygen atoms in total. The van der Waals surface area contributed by atoms with Crippen LogP contribution in [0, 0.1) is 0 Å². The van der Waals surface area contributed by atoms with Crippen molar-refractivity contribution in [2.45, 2.75) is 0 Å². The molecule has 5 rings (SSSR count). The Hall–Kier alpha value is -3.94. The largest absolute Gasteiger partial charge is 0.508 e. The van der Waals surface area contributed by atoms with Gasteiger partial charge in [0.15, 0.2) is 11.5 Å². The van der Waals surface area contributed by atoms with Crippen LogP contribution in [0.3, 0.4) is 0 Å². The van der Waals surface area contributed by atoms with Gasteiger partial charge in [-0.2, -0.15) is 0 Å². The molecule has 0 radical (unpaired) electrons. The number of methoxy groups -OCH3 is 3. The van der Waals surface area contributed by atoms with Gasteiger partial charge in [-0.25, -0.2) is 0 Å². The average molecular weight is 392 g/mol. The van der Waals surface area contributed by atoms with Gasteiger partial charge in [0.05, 0.1) is 43.4 Å². The maximum Gasteiger partial charge on any atom is 0.259 e. The number of amides is 2. The zero-order valence-electron chi connectivity index (χ0n) is 15.8. The second kappa shape index (κ2) is 5.78. The highest BCUT2D eigenvalue weighted by atomic mass is 16.5. The van der Waals surface area contributed by atoms with Crippen molar-refractivity contribution in [1.82, 2.24) is 10.3 Å². The summed E-state index contributed by atoms with van der Waals surface area (Å²) in [6.07, 6.45) is 0. The number of carbonyl (C=O) groups excluding carboxylic acids is 2. The number of aromatic amines is 1. The number of rotatable bonds is 3. The highest BCUT2D eigenvalue weighted by molar-refractivity contribution is 6.37. The summed E-state index contributed by atoms with van der Waals surface area (Å²) >= 11 is 0. The Morgan fingerprint density at radius 1 is 0.828 bits per heavy atom. The van der Waals surface area contributed by atoms with Crippen molar-refractivity contribution >= 4 is 44.4 Å². The number of fused-ring (bicyclic) bond motifs is 8. The van der Waals surface area contributed by atoms with Crippen molar-refractivity contribution in [2.75, 3.05) is 21.3 Å². The summed E-state index contributed by atoms with van der Waals surface area (Å²) in [7, 11) is 4.48. The van der Waals surface area contributed by atoms with Crippen LogP contribution in [0.15, 0.2) is 24.3 Å². The fraction of sp³-hybridized carbons (Fsp3) is 0.143. The first kappa shape index (κ1) is 17.2. The molecule has 1 aliphatic heterocycles. The number of phenols is 1. The molecule has 0 bridgehead atoms. The third-order valence-electron chi connectivity index (χ3n) is 5.31. The van der Waals surface area contributed by atoms with Crippen molar-refractivity contribution in [1.29, 1.82) is 0 Å². The molecule has 0 spiro atoms. The Bertz CT molecular complexity index is 1390. The lowest BCUT2D eigenvalue weighted by atomic mass is 9.93. The smallest absolute Gasteiger partial charge is 0.259 e. The van der Waals surface area contributed by atoms with Crippen molar-refractivity contribution < 1.29 is 28.9 Å². The Kier molecular flexibility index (Phi) is 3.42. The van der Waals surface area contributed by atoms with Crippen LogP contribution in [0.5, 0.6) is 23.0 Å². The van der Waals surface area contributed by atoms with Gasteiger partial charge in [0, 0.05) is 21.7 Å². The number of phenolic OH excluding ortho intramolecular Hbond substituents is 1. The molecule has 0 saturated heterocycles. The quantitative estimate of drug-likeness (QED) is 0.462. The number of nitrogens with one attached hydrogen (secondary N) is 2. The Morgan fingerprint density at radius 2 is 1.55 bits per heavy atom. The summed E-state index contributed by atoms with van der Waals surface area (Å²) < 4.78 is 16.6. The van der Waals surface area contributed by atoms with E-state index in [4.69, 9.17) is 14.2 Å². The number of hydrogen-bond donors (Lipinski definition) is 3. The monoisotopic (exact) mass is 392 g/mol.